The molecule has 0 atom stereocenters. The number of hydrogen-bond donors (Lipinski definition) is 1. The molecule has 0 aliphatic rings. The van der Waals surface area contributed by atoms with E-state index in [0.717, 1.165) is 6.07 Å². The standard InChI is InChI=1S/C12H7BrClFO4/c13-7-3-8(14)9(15)4-10(7)19-5-11-6(12(16)17)1-2-18-11/h1-4H,5H2,(H,16,17). The van der Waals surface area contributed by atoms with Crippen molar-refractivity contribution in [3.63, 3.8) is 0 Å². The Labute approximate surface area is 120 Å². The fourth-order valence-corrected chi connectivity index (χ4v) is 2.15. The molecular formula is C12H7BrClFO4. The third-order valence-corrected chi connectivity index (χ3v) is 3.22. The van der Waals surface area contributed by atoms with Gasteiger partial charge >= 0.3 is 5.97 Å². The molecule has 1 N–H and O–H groups in total. The summed E-state index contributed by atoms with van der Waals surface area (Å²) in [5, 5.41) is 8.85. The van der Waals surface area contributed by atoms with E-state index in [9.17, 15) is 9.18 Å². The van der Waals surface area contributed by atoms with Crippen molar-refractivity contribution in [1.82, 2.24) is 0 Å². The van der Waals surface area contributed by atoms with E-state index >= 15 is 0 Å². The highest BCUT2D eigenvalue weighted by Crippen LogP contribution is 2.31. The summed E-state index contributed by atoms with van der Waals surface area (Å²) in [6.07, 6.45) is 1.25. The summed E-state index contributed by atoms with van der Waals surface area (Å²) in [5.74, 6) is -1.39. The highest BCUT2D eigenvalue weighted by atomic mass is 79.9. The molecular weight excluding hydrogens is 342 g/mol. The molecule has 0 spiro atoms. The SMILES string of the molecule is O=C(O)c1ccoc1COc1cc(F)c(Cl)cc1Br. The molecule has 0 radical (unpaired) electrons. The number of halogens is 3. The third kappa shape index (κ3) is 3.08. The molecule has 19 heavy (non-hydrogen) atoms. The average Bonchev–Trinajstić information content (AvgIpc) is 2.80. The predicted octanol–water partition coefficient (Wildman–Crippen LogP) is 4.11. The molecule has 0 aliphatic carbocycles. The summed E-state index contributed by atoms with van der Waals surface area (Å²) in [5.41, 5.74) is 0.00515. The molecule has 1 aromatic carbocycles. The Bertz CT molecular complexity index is 626. The van der Waals surface area contributed by atoms with Crippen LogP contribution in [0.1, 0.15) is 16.1 Å². The van der Waals surface area contributed by atoms with E-state index in [1.165, 1.54) is 18.4 Å². The minimum absolute atomic E-state index is 0.00515. The Hall–Kier alpha value is -1.53. The van der Waals surface area contributed by atoms with Crippen molar-refractivity contribution < 1.29 is 23.4 Å². The van der Waals surface area contributed by atoms with Crippen molar-refractivity contribution in [2.45, 2.75) is 6.61 Å². The third-order valence-electron chi connectivity index (χ3n) is 2.31. The molecule has 0 saturated heterocycles. The van der Waals surface area contributed by atoms with E-state index in [1.807, 2.05) is 0 Å². The summed E-state index contributed by atoms with van der Waals surface area (Å²) in [4.78, 5) is 10.9. The lowest BCUT2D eigenvalue weighted by Crippen LogP contribution is -2.03. The quantitative estimate of drug-likeness (QED) is 0.844. The maximum atomic E-state index is 13.3. The van der Waals surface area contributed by atoms with E-state index in [0.29, 0.717) is 4.47 Å². The molecule has 0 saturated carbocycles. The molecule has 0 aliphatic heterocycles. The predicted molar refractivity (Wildman–Crippen MR) is 69.1 cm³/mol. The van der Waals surface area contributed by atoms with Crippen molar-refractivity contribution in [3.05, 3.63) is 51.1 Å². The molecule has 0 bridgehead atoms. The second-order valence-corrected chi connectivity index (χ2v) is 4.81. The van der Waals surface area contributed by atoms with Crippen LogP contribution in [0.2, 0.25) is 5.02 Å². The summed E-state index contributed by atoms with van der Waals surface area (Å²) in [7, 11) is 0. The summed E-state index contributed by atoms with van der Waals surface area (Å²) < 4.78 is 24.0. The van der Waals surface area contributed by atoms with Gasteiger partial charge in [-0.05, 0) is 28.1 Å². The van der Waals surface area contributed by atoms with Gasteiger partial charge in [0.15, 0.2) is 5.76 Å². The number of carboxylic acids is 1. The van der Waals surface area contributed by atoms with E-state index in [-0.39, 0.29) is 28.7 Å². The fourth-order valence-electron chi connectivity index (χ4n) is 1.40. The molecule has 2 rings (SSSR count). The monoisotopic (exact) mass is 348 g/mol. The molecule has 0 amide bonds. The van der Waals surface area contributed by atoms with Crippen LogP contribution in [0, 0.1) is 5.82 Å². The van der Waals surface area contributed by atoms with E-state index in [4.69, 9.17) is 25.9 Å². The zero-order valence-corrected chi connectivity index (χ0v) is 11.7. The van der Waals surface area contributed by atoms with Crippen molar-refractivity contribution in [2.24, 2.45) is 0 Å². The van der Waals surface area contributed by atoms with Crippen LogP contribution >= 0.6 is 27.5 Å². The van der Waals surface area contributed by atoms with Crippen LogP contribution in [0.3, 0.4) is 0 Å². The van der Waals surface area contributed by atoms with Crippen LogP contribution < -0.4 is 4.74 Å². The highest BCUT2D eigenvalue weighted by Gasteiger charge is 2.15. The van der Waals surface area contributed by atoms with Gasteiger partial charge in [0.25, 0.3) is 0 Å². The van der Waals surface area contributed by atoms with Crippen LogP contribution in [-0.2, 0) is 6.61 Å². The van der Waals surface area contributed by atoms with Crippen LogP contribution in [0.25, 0.3) is 0 Å². The highest BCUT2D eigenvalue weighted by molar-refractivity contribution is 9.10. The molecule has 0 unspecified atom stereocenters. The normalized spacial score (nSPS) is 10.5. The minimum atomic E-state index is -1.12. The number of carbonyl (C=O) groups is 1. The number of carboxylic acid groups (broad SMARTS) is 1. The Kier molecular flexibility index (Phi) is 4.11. The van der Waals surface area contributed by atoms with E-state index in [2.05, 4.69) is 15.9 Å². The lowest BCUT2D eigenvalue weighted by atomic mass is 10.2. The summed E-state index contributed by atoms with van der Waals surface area (Å²) in [6, 6.07) is 3.78. The molecule has 0 fully saturated rings. The number of hydrogen-bond acceptors (Lipinski definition) is 3. The lowest BCUT2D eigenvalue weighted by molar-refractivity contribution is 0.0691. The fraction of sp³-hybridized carbons (Fsp3) is 0.0833. The lowest BCUT2D eigenvalue weighted by Gasteiger charge is -2.08. The molecule has 100 valence electrons. The topological polar surface area (TPSA) is 59.7 Å². The van der Waals surface area contributed by atoms with Crippen LogP contribution in [-0.4, -0.2) is 11.1 Å². The number of furan rings is 1. The van der Waals surface area contributed by atoms with E-state index in [1.54, 1.807) is 0 Å². The van der Waals surface area contributed by atoms with Crippen molar-refractivity contribution in [3.8, 4) is 5.75 Å². The Morgan fingerprint density at radius 1 is 1.53 bits per heavy atom. The summed E-state index contributed by atoms with van der Waals surface area (Å²) in [6.45, 7) is -0.131. The second kappa shape index (κ2) is 5.63. The molecule has 1 aromatic heterocycles. The summed E-state index contributed by atoms with van der Waals surface area (Å²) >= 11 is 8.77. The van der Waals surface area contributed by atoms with Gasteiger partial charge < -0.3 is 14.3 Å². The van der Waals surface area contributed by atoms with Gasteiger partial charge in [-0.25, -0.2) is 9.18 Å². The molecule has 4 nitrogen and oxygen atoms in total. The number of benzene rings is 1. The maximum Gasteiger partial charge on any atom is 0.339 e. The Balaban J connectivity index is 2.17. The Morgan fingerprint density at radius 2 is 2.26 bits per heavy atom. The van der Waals surface area contributed by atoms with Crippen molar-refractivity contribution in [1.29, 1.82) is 0 Å². The molecule has 1 heterocycles. The molecule has 2 aromatic rings. The zero-order valence-electron chi connectivity index (χ0n) is 9.32. The van der Waals surface area contributed by atoms with Crippen LogP contribution in [0.5, 0.6) is 5.75 Å². The van der Waals surface area contributed by atoms with Gasteiger partial charge in [-0.3, -0.25) is 0 Å². The van der Waals surface area contributed by atoms with Gasteiger partial charge in [-0.2, -0.15) is 0 Å². The number of ether oxygens (including phenoxy) is 1. The van der Waals surface area contributed by atoms with Gasteiger partial charge in [0.1, 0.15) is 23.7 Å². The first-order valence-corrected chi connectivity index (χ1v) is 6.23. The van der Waals surface area contributed by atoms with Gasteiger partial charge in [0.2, 0.25) is 0 Å². The smallest absolute Gasteiger partial charge is 0.339 e. The second-order valence-electron chi connectivity index (χ2n) is 3.55. The van der Waals surface area contributed by atoms with Crippen LogP contribution in [0.4, 0.5) is 4.39 Å². The number of aromatic carboxylic acids is 1. The van der Waals surface area contributed by atoms with Gasteiger partial charge in [-0.1, -0.05) is 11.6 Å². The average molecular weight is 350 g/mol. The zero-order chi connectivity index (χ0) is 14.0. The maximum absolute atomic E-state index is 13.3. The van der Waals surface area contributed by atoms with Crippen LogP contribution in [0.15, 0.2) is 33.4 Å². The van der Waals surface area contributed by atoms with Crippen molar-refractivity contribution in [2.75, 3.05) is 0 Å². The minimum Gasteiger partial charge on any atom is -0.484 e. The first-order chi connectivity index (χ1) is 8.99. The van der Waals surface area contributed by atoms with Gasteiger partial charge in [-0.15, -0.1) is 0 Å². The molecule has 7 heteroatoms. The largest absolute Gasteiger partial charge is 0.484 e. The van der Waals surface area contributed by atoms with E-state index < -0.39 is 11.8 Å². The van der Waals surface area contributed by atoms with Gasteiger partial charge in [0.05, 0.1) is 15.8 Å². The van der Waals surface area contributed by atoms with Gasteiger partial charge in [0, 0.05) is 6.07 Å². The number of rotatable bonds is 4. The van der Waals surface area contributed by atoms with Crippen molar-refractivity contribution >= 4 is 33.5 Å². The first kappa shape index (κ1) is 13.9. The first-order valence-electron chi connectivity index (χ1n) is 5.06. The Morgan fingerprint density at radius 3 is 2.95 bits per heavy atom.